The van der Waals surface area contributed by atoms with Gasteiger partial charge in [0.1, 0.15) is 11.2 Å². The number of benzene rings is 4. The van der Waals surface area contributed by atoms with E-state index in [-0.39, 0.29) is 11.1 Å². The van der Waals surface area contributed by atoms with Crippen LogP contribution in [0, 0.1) is 13.7 Å². The smallest absolute Gasteiger partial charge is 0.145 e. The van der Waals surface area contributed by atoms with Gasteiger partial charge in [-0.3, -0.25) is 4.98 Å². The maximum atomic E-state index is 8.59. The number of aromatic nitrogens is 1. The van der Waals surface area contributed by atoms with Crippen LogP contribution in [0.15, 0.2) is 77.3 Å². The summed E-state index contributed by atoms with van der Waals surface area (Å²) in [6, 6.07) is 20.9. The fourth-order valence-electron chi connectivity index (χ4n) is 4.60. The van der Waals surface area contributed by atoms with Crippen molar-refractivity contribution in [2.45, 2.75) is 33.4 Å². The van der Waals surface area contributed by atoms with Gasteiger partial charge in [-0.2, -0.15) is 0 Å². The quantitative estimate of drug-likeness (QED) is 0.261. The van der Waals surface area contributed by atoms with Gasteiger partial charge < -0.3 is 4.42 Å². The first-order valence-electron chi connectivity index (χ1n) is 14.1. The zero-order valence-corrected chi connectivity index (χ0v) is 17.8. The van der Waals surface area contributed by atoms with Crippen molar-refractivity contribution in [3.63, 3.8) is 0 Å². The van der Waals surface area contributed by atoms with Gasteiger partial charge in [0.15, 0.2) is 0 Å². The largest absolute Gasteiger partial charge is 0.455 e. The molecule has 156 valence electrons. The first-order valence-corrected chi connectivity index (χ1v) is 10.6. The third-order valence-electron chi connectivity index (χ3n) is 6.20. The zero-order chi connectivity index (χ0) is 27.9. The summed E-state index contributed by atoms with van der Waals surface area (Å²) in [6.07, 6.45) is 1.29. The molecule has 0 aliphatic carbocycles. The van der Waals surface area contributed by atoms with Crippen LogP contribution in [0.25, 0.3) is 54.7 Å². The maximum Gasteiger partial charge on any atom is 0.145 e. The van der Waals surface area contributed by atoms with Crippen molar-refractivity contribution in [3.05, 3.63) is 89.6 Å². The molecule has 0 atom stereocenters. The maximum absolute atomic E-state index is 8.59. The Balaban J connectivity index is 1.71. The molecule has 6 aromatic rings. The molecule has 0 saturated heterocycles. The highest BCUT2D eigenvalue weighted by Gasteiger charge is 2.17. The number of rotatable bonds is 2. The van der Waals surface area contributed by atoms with E-state index in [0.29, 0.717) is 38.8 Å². The van der Waals surface area contributed by atoms with E-state index in [1.54, 1.807) is 32.0 Å². The van der Waals surface area contributed by atoms with Crippen molar-refractivity contribution in [1.82, 2.24) is 4.98 Å². The lowest BCUT2D eigenvalue weighted by atomic mass is 9.95. The molecule has 4 aromatic carbocycles. The monoisotopic (exact) mass is 422 g/mol. The van der Waals surface area contributed by atoms with Gasteiger partial charge in [-0.1, -0.05) is 56.3 Å². The molecular weight excluding hydrogens is 390 g/mol. The van der Waals surface area contributed by atoms with E-state index in [9.17, 15) is 0 Å². The van der Waals surface area contributed by atoms with Crippen LogP contribution in [-0.4, -0.2) is 4.98 Å². The molecule has 2 heteroatoms. The highest BCUT2D eigenvalue weighted by atomic mass is 16.3. The molecule has 0 aliphatic rings. The summed E-state index contributed by atoms with van der Waals surface area (Å²) in [5.74, 6) is -1.20. The van der Waals surface area contributed by atoms with Crippen LogP contribution in [0.4, 0.5) is 0 Å². The second kappa shape index (κ2) is 6.93. The molecule has 32 heavy (non-hydrogen) atoms. The Morgan fingerprint density at radius 2 is 1.69 bits per heavy atom. The van der Waals surface area contributed by atoms with Crippen LogP contribution in [0.2, 0.25) is 0 Å². The van der Waals surface area contributed by atoms with Gasteiger partial charge in [0.2, 0.25) is 0 Å². The van der Waals surface area contributed by atoms with E-state index in [0.717, 1.165) is 21.5 Å². The summed E-state index contributed by atoms with van der Waals surface area (Å²) >= 11 is 0. The highest BCUT2D eigenvalue weighted by Crippen LogP contribution is 2.40. The predicted molar refractivity (Wildman–Crippen MR) is 136 cm³/mol. The molecule has 0 saturated carbocycles. The molecular formula is C30H25NO. The summed E-state index contributed by atoms with van der Waals surface area (Å²) in [6.45, 7) is -1.56. The minimum Gasteiger partial charge on any atom is -0.455 e. The van der Waals surface area contributed by atoms with E-state index in [2.05, 4.69) is 4.98 Å². The molecule has 0 bridgehead atoms. The second-order valence-electron chi connectivity index (χ2n) is 8.44. The third kappa shape index (κ3) is 2.76. The lowest BCUT2D eigenvalue weighted by Gasteiger charge is -2.12. The number of nitrogens with zero attached hydrogens (tertiary/aromatic N) is 1. The van der Waals surface area contributed by atoms with E-state index in [4.69, 9.17) is 14.0 Å². The molecule has 0 aliphatic heterocycles. The van der Waals surface area contributed by atoms with Gasteiger partial charge in [-0.05, 0) is 82.1 Å². The van der Waals surface area contributed by atoms with Gasteiger partial charge in [-0.25, -0.2) is 0 Å². The summed E-state index contributed by atoms with van der Waals surface area (Å²) in [7, 11) is 0. The average Bonchev–Trinajstić information content (AvgIpc) is 3.23. The van der Waals surface area contributed by atoms with Crippen LogP contribution >= 0.6 is 0 Å². The van der Waals surface area contributed by atoms with Crippen molar-refractivity contribution < 1.29 is 14.0 Å². The average molecular weight is 423 g/mol. The number of aryl methyl sites for hydroxylation is 2. The molecule has 0 radical (unpaired) electrons. The molecule has 6 rings (SSSR count). The van der Waals surface area contributed by atoms with Crippen LogP contribution in [0.1, 0.15) is 46.0 Å². The Morgan fingerprint density at radius 1 is 0.844 bits per heavy atom. The van der Waals surface area contributed by atoms with Gasteiger partial charge >= 0.3 is 0 Å². The standard InChI is InChI=1S/C30H25NO/c1-17(2)24-15-27(31-16-19(24)4)23-12-9-18(3)29-26-14-25-21(13-28(26)32-30(23)29)11-10-20-7-5-6-8-22(20)25/h5-17H,1-4H3/i3D3,4D3,17D. The van der Waals surface area contributed by atoms with E-state index < -0.39 is 19.6 Å². The first kappa shape index (κ1) is 13.0. The Labute approximate surface area is 197 Å². The molecule has 0 unspecified atom stereocenters. The Kier molecular flexibility index (Phi) is 2.82. The number of furan rings is 1. The summed E-state index contributed by atoms with van der Waals surface area (Å²) in [4.78, 5) is 4.45. The van der Waals surface area contributed by atoms with E-state index in [1.807, 2.05) is 48.5 Å². The topological polar surface area (TPSA) is 26.0 Å². The Hall–Kier alpha value is -3.65. The minimum absolute atomic E-state index is 0.0179. The van der Waals surface area contributed by atoms with Crippen LogP contribution < -0.4 is 0 Å². The molecule has 0 N–H and O–H groups in total. The fraction of sp³-hybridized carbons (Fsp3) is 0.167. The first-order chi connectivity index (χ1) is 18.2. The van der Waals surface area contributed by atoms with Crippen molar-refractivity contribution in [3.8, 4) is 11.3 Å². The Bertz CT molecular complexity index is 1930. The predicted octanol–water partition coefficient (Wildman–Crippen LogP) is 8.69. The number of hydrogen-bond donors (Lipinski definition) is 0. The molecule has 2 nitrogen and oxygen atoms in total. The number of fused-ring (bicyclic) bond motifs is 6. The van der Waals surface area contributed by atoms with Crippen molar-refractivity contribution in [1.29, 1.82) is 0 Å². The third-order valence-corrected chi connectivity index (χ3v) is 6.20. The Morgan fingerprint density at radius 3 is 2.53 bits per heavy atom. The zero-order valence-electron chi connectivity index (χ0n) is 24.8. The summed E-state index contributed by atoms with van der Waals surface area (Å²) < 4.78 is 63.5. The molecule has 2 heterocycles. The highest BCUT2D eigenvalue weighted by molar-refractivity contribution is 6.18. The molecule has 2 aromatic heterocycles. The second-order valence-corrected chi connectivity index (χ2v) is 8.44. The molecule has 0 fully saturated rings. The van der Waals surface area contributed by atoms with Crippen LogP contribution in [0.3, 0.4) is 0 Å². The molecule has 0 amide bonds. The number of pyridine rings is 1. The summed E-state index contributed by atoms with van der Waals surface area (Å²) in [5.41, 5.74) is 2.37. The van der Waals surface area contributed by atoms with Crippen LogP contribution in [0.5, 0.6) is 0 Å². The molecule has 0 spiro atoms. The van der Waals surface area contributed by atoms with Gasteiger partial charge in [0.05, 0.1) is 5.69 Å². The van der Waals surface area contributed by atoms with Crippen LogP contribution in [-0.2, 0) is 0 Å². The lowest BCUT2D eigenvalue weighted by Crippen LogP contribution is -1.95. The normalized spacial score (nSPS) is 16.4. The van der Waals surface area contributed by atoms with E-state index in [1.165, 1.54) is 6.20 Å². The van der Waals surface area contributed by atoms with Crippen molar-refractivity contribution in [2.24, 2.45) is 0 Å². The van der Waals surface area contributed by atoms with Crippen molar-refractivity contribution >= 4 is 43.5 Å². The van der Waals surface area contributed by atoms with Crippen molar-refractivity contribution in [2.75, 3.05) is 0 Å². The summed E-state index contributed by atoms with van der Waals surface area (Å²) in [5, 5.41) is 5.26. The van der Waals surface area contributed by atoms with Gasteiger partial charge in [-0.15, -0.1) is 0 Å². The SMILES string of the molecule is [2H]C([2H])([2H])c1cnc(-c2ccc(C([2H])([2H])[2H])c3c2oc2cc4ccc5ccccc5c4cc23)cc1C([2H])(C)C. The van der Waals surface area contributed by atoms with Gasteiger partial charge in [0.25, 0.3) is 0 Å². The fourth-order valence-corrected chi connectivity index (χ4v) is 4.60. The lowest BCUT2D eigenvalue weighted by molar-refractivity contribution is 0.670. The number of hydrogen-bond acceptors (Lipinski definition) is 2. The van der Waals surface area contributed by atoms with E-state index >= 15 is 0 Å². The van der Waals surface area contributed by atoms with Gasteiger partial charge in [0, 0.05) is 32.1 Å². The minimum atomic E-state index is -2.43.